The van der Waals surface area contributed by atoms with Crippen molar-refractivity contribution in [3.8, 4) is 0 Å². The zero-order chi connectivity index (χ0) is 14.1. The Morgan fingerprint density at radius 3 is 2.17 bits per heavy atom. The van der Waals surface area contributed by atoms with Crippen LogP contribution in [0.3, 0.4) is 0 Å². The Hall–Kier alpha value is -0.390. The fraction of sp³-hybridized carbons (Fsp3) is 0.714. The molecule has 1 heterocycles. The number of halogens is 1. The maximum Gasteiger partial charge on any atom is 0.264 e. The molecule has 18 heavy (non-hydrogen) atoms. The lowest BCUT2D eigenvalue weighted by Crippen LogP contribution is -2.26. The van der Waals surface area contributed by atoms with Gasteiger partial charge in [0.2, 0.25) is 0 Å². The van der Waals surface area contributed by atoms with Crippen LogP contribution in [-0.2, 0) is 11.8 Å². The molecule has 0 saturated heterocycles. The van der Waals surface area contributed by atoms with Gasteiger partial charge in [-0.2, -0.15) is 0 Å². The number of H-pyrrole nitrogens is 1. The molecule has 102 valence electrons. The van der Waals surface area contributed by atoms with Gasteiger partial charge in [0.05, 0.1) is 5.69 Å². The summed E-state index contributed by atoms with van der Waals surface area (Å²) in [4.78, 5) is 19.5. The molecule has 1 N–H and O–H groups in total. The lowest BCUT2D eigenvalue weighted by Gasteiger charge is -2.21. The zero-order valence-electron chi connectivity index (χ0n) is 12.1. The molecule has 0 aliphatic heterocycles. The third-order valence-corrected chi connectivity index (χ3v) is 3.73. The molecule has 0 bridgehead atoms. The van der Waals surface area contributed by atoms with Gasteiger partial charge in [-0.1, -0.05) is 41.5 Å². The highest BCUT2D eigenvalue weighted by Crippen LogP contribution is 2.24. The summed E-state index contributed by atoms with van der Waals surface area (Å²) in [6.07, 6.45) is 1.83. The van der Waals surface area contributed by atoms with Gasteiger partial charge in [-0.25, -0.2) is 4.98 Å². The summed E-state index contributed by atoms with van der Waals surface area (Å²) in [7, 11) is 0. The van der Waals surface area contributed by atoms with Crippen molar-refractivity contribution in [3.63, 3.8) is 0 Å². The van der Waals surface area contributed by atoms with Crippen molar-refractivity contribution < 1.29 is 0 Å². The number of nitrogens with one attached hydrogen (secondary N) is 1. The molecule has 1 aromatic rings. The molecular weight excluding hydrogens is 339 g/mol. The minimum atomic E-state index is -0.0960. The van der Waals surface area contributed by atoms with E-state index in [0.29, 0.717) is 3.57 Å². The molecule has 0 amide bonds. The summed E-state index contributed by atoms with van der Waals surface area (Å²) in [5, 5.41) is 0. The molecule has 0 unspecified atom stereocenters. The molecule has 0 aliphatic carbocycles. The predicted molar refractivity (Wildman–Crippen MR) is 84.1 cm³/mol. The number of aryl methyl sites for hydroxylation is 1. The molecule has 0 spiro atoms. The first-order chi connectivity index (χ1) is 8.00. The minimum Gasteiger partial charge on any atom is -0.310 e. The van der Waals surface area contributed by atoms with E-state index in [4.69, 9.17) is 0 Å². The first kappa shape index (κ1) is 15.7. The third-order valence-electron chi connectivity index (χ3n) is 2.73. The van der Waals surface area contributed by atoms with E-state index in [1.54, 1.807) is 0 Å². The number of aromatic nitrogens is 2. The van der Waals surface area contributed by atoms with Crippen LogP contribution in [-0.4, -0.2) is 9.97 Å². The minimum absolute atomic E-state index is 0.0144. The highest BCUT2D eigenvalue weighted by atomic mass is 127. The second kappa shape index (κ2) is 5.31. The van der Waals surface area contributed by atoms with Gasteiger partial charge in [-0.15, -0.1) is 0 Å². The SMILES string of the molecule is CC(C)(C)CCc1nc(C(C)(C)C)c(I)c(=O)[nH]1. The Kier molecular flexibility index (Phi) is 4.62. The van der Waals surface area contributed by atoms with Crippen molar-refractivity contribution >= 4 is 22.6 Å². The van der Waals surface area contributed by atoms with Crippen LogP contribution in [0.5, 0.6) is 0 Å². The van der Waals surface area contributed by atoms with E-state index in [2.05, 4.69) is 74.1 Å². The Morgan fingerprint density at radius 1 is 1.17 bits per heavy atom. The highest BCUT2D eigenvalue weighted by Gasteiger charge is 2.22. The first-order valence-corrected chi connectivity index (χ1v) is 7.38. The van der Waals surface area contributed by atoms with Crippen LogP contribution in [0.25, 0.3) is 0 Å². The summed E-state index contributed by atoms with van der Waals surface area (Å²) >= 11 is 2.09. The molecule has 1 aromatic heterocycles. The van der Waals surface area contributed by atoms with Gasteiger partial charge >= 0.3 is 0 Å². The number of aromatic amines is 1. The van der Waals surface area contributed by atoms with E-state index >= 15 is 0 Å². The van der Waals surface area contributed by atoms with Crippen LogP contribution in [0.2, 0.25) is 0 Å². The number of hydrogen-bond acceptors (Lipinski definition) is 2. The molecular formula is C14H23IN2O. The van der Waals surface area contributed by atoms with E-state index in [1.165, 1.54) is 0 Å². The predicted octanol–water partition coefficient (Wildman–Crippen LogP) is 3.65. The van der Waals surface area contributed by atoms with Crippen LogP contribution in [0, 0.1) is 8.99 Å². The normalized spacial score (nSPS) is 12.8. The van der Waals surface area contributed by atoms with Crippen molar-refractivity contribution in [2.45, 2.75) is 59.8 Å². The van der Waals surface area contributed by atoms with E-state index < -0.39 is 0 Å². The summed E-state index contributed by atoms with van der Waals surface area (Å²) < 4.78 is 0.708. The Morgan fingerprint density at radius 2 is 1.72 bits per heavy atom. The van der Waals surface area contributed by atoms with Gasteiger partial charge in [0, 0.05) is 11.8 Å². The van der Waals surface area contributed by atoms with Crippen LogP contribution in [0.1, 0.15) is 59.5 Å². The molecule has 3 nitrogen and oxygen atoms in total. The number of rotatable bonds is 2. The van der Waals surface area contributed by atoms with Crippen LogP contribution >= 0.6 is 22.6 Å². The maximum atomic E-state index is 11.9. The van der Waals surface area contributed by atoms with Crippen molar-refractivity contribution in [1.29, 1.82) is 0 Å². The smallest absolute Gasteiger partial charge is 0.264 e. The maximum absolute atomic E-state index is 11.9. The van der Waals surface area contributed by atoms with E-state index in [0.717, 1.165) is 24.4 Å². The van der Waals surface area contributed by atoms with Gasteiger partial charge in [-0.3, -0.25) is 4.79 Å². The number of nitrogens with zero attached hydrogens (tertiary/aromatic N) is 1. The average Bonchev–Trinajstić information content (AvgIpc) is 2.16. The second-order valence-electron chi connectivity index (χ2n) is 6.99. The Balaban J connectivity index is 3.10. The summed E-state index contributed by atoms with van der Waals surface area (Å²) in [5.74, 6) is 0.806. The molecule has 0 aliphatic rings. The first-order valence-electron chi connectivity index (χ1n) is 6.30. The second-order valence-corrected chi connectivity index (χ2v) is 8.06. The van der Waals surface area contributed by atoms with Gasteiger partial charge in [0.1, 0.15) is 9.39 Å². The fourth-order valence-electron chi connectivity index (χ4n) is 1.61. The molecule has 0 aromatic carbocycles. The van der Waals surface area contributed by atoms with E-state index in [-0.39, 0.29) is 16.4 Å². The average molecular weight is 362 g/mol. The molecule has 0 fully saturated rings. The molecule has 0 atom stereocenters. The topological polar surface area (TPSA) is 45.8 Å². The standard InChI is InChI=1S/C14H23IN2O/c1-13(2,3)8-7-9-16-11(14(4,5)6)10(15)12(18)17-9/h7-8H2,1-6H3,(H,16,17,18). The van der Waals surface area contributed by atoms with Gasteiger partial charge in [-0.05, 0) is 34.4 Å². The Bertz CT molecular complexity index is 478. The Labute approximate surface area is 123 Å². The summed E-state index contributed by atoms with van der Waals surface area (Å²) in [6, 6.07) is 0. The van der Waals surface area contributed by atoms with Crippen LogP contribution in [0.15, 0.2) is 4.79 Å². The largest absolute Gasteiger partial charge is 0.310 e. The van der Waals surface area contributed by atoms with Gasteiger partial charge in [0.25, 0.3) is 5.56 Å². The highest BCUT2D eigenvalue weighted by molar-refractivity contribution is 14.1. The van der Waals surface area contributed by atoms with E-state index in [9.17, 15) is 4.79 Å². The van der Waals surface area contributed by atoms with Crippen molar-refractivity contribution in [2.24, 2.45) is 5.41 Å². The lowest BCUT2D eigenvalue weighted by atomic mass is 9.90. The summed E-state index contributed by atoms with van der Waals surface area (Å²) in [5.41, 5.74) is 1.04. The fourth-order valence-corrected chi connectivity index (χ4v) is 2.68. The van der Waals surface area contributed by atoms with Gasteiger partial charge in [0.15, 0.2) is 0 Å². The van der Waals surface area contributed by atoms with Crippen molar-refractivity contribution in [1.82, 2.24) is 9.97 Å². The number of hydrogen-bond donors (Lipinski definition) is 1. The third kappa shape index (κ3) is 4.37. The van der Waals surface area contributed by atoms with E-state index in [1.807, 2.05) is 0 Å². The monoisotopic (exact) mass is 362 g/mol. The molecule has 1 rings (SSSR count). The molecule has 0 radical (unpaired) electrons. The zero-order valence-corrected chi connectivity index (χ0v) is 14.3. The van der Waals surface area contributed by atoms with Crippen LogP contribution in [0.4, 0.5) is 0 Å². The van der Waals surface area contributed by atoms with Crippen molar-refractivity contribution in [3.05, 3.63) is 25.4 Å². The quantitative estimate of drug-likeness (QED) is 0.817. The molecule has 4 heteroatoms. The lowest BCUT2D eigenvalue weighted by molar-refractivity contribution is 0.373. The molecule has 0 saturated carbocycles. The summed E-state index contributed by atoms with van der Waals surface area (Å²) in [6.45, 7) is 12.9. The van der Waals surface area contributed by atoms with Gasteiger partial charge < -0.3 is 4.98 Å². The van der Waals surface area contributed by atoms with Crippen LogP contribution < -0.4 is 5.56 Å². The van der Waals surface area contributed by atoms with Crippen molar-refractivity contribution in [2.75, 3.05) is 0 Å².